The first-order chi connectivity index (χ1) is 13.9. The van der Waals surface area contributed by atoms with E-state index in [0.717, 1.165) is 31.6 Å². The van der Waals surface area contributed by atoms with E-state index >= 15 is 0 Å². The standard InChI is InChI=1S/C21H19Cl3N4O/c1-13-19(21(29)26-27-10-2-3-11-27)25-20(17-9-6-15(23)12-18(17)24)28(13)16-7-4-14(22)5-8-16/h4-9,12H,2-3,10-11H2,1H3,(H,26,29). The summed E-state index contributed by atoms with van der Waals surface area (Å²) in [5.74, 6) is 0.335. The van der Waals surface area contributed by atoms with Crippen LogP contribution in [0.1, 0.15) is 29.0 Å². The summed E-state index contributed by atoms with van der Waals surface area (Å²) in [6.45, 7) is 3.56. The molecular weight excluding hydrogens is 431 g/mol. The zero-order valence-corrected chi connectivity index (χ0v) is 18.0. The molecule has 8 heteroatoms. The van der Waals surface area contributed by atoms with Gasteiger partial charge in [-0.05, 0) is 62.2 Å². The average molecular weight is 450 g/mol. The maximum Gasteiger partial charge on any atom is 0.286 e. The first-order valence-electron chi connectivity index (χ1n) is 9.30. The summed E-state index contributed by atoms with van der Waals surface area (Å²) in [4.78, 5) is 17.6. The minimum Gasteiger partial charge on any atom is -0.296 e. The highest BCUT2D eigenvalue weighted by molar-refractivity contribution is 6.36. The van der Waals surface area contributed by atoms with Crippen molar-refractivity contribution in [1.82, 2.24) is 20.0 Å². The number of imidazole rings is 1. The summed E-state index contributed by atoms with van der Waals surface area (Å²) in [5.41, 5.74) is 5.55. The minimum absolute atomic E-state index is 0.233. The third-order valence-electron chi connectivity index (χ3n) is 4.95. The maximum absolute atomic E-state index is 12.9. The topological polar surface area (TPSA) is 50.2 Å². The third-order valence-corrected chi connectivity index (χ3v) is 5.75. The van der Waals surface area contributed by atoms with E-state index in [2.05, 4.69) is 10.4 Å². The van der Waals surface area contributed by atoms with Crippen LogP contribution in [0.3, 0.4) is 0 Å². The summed E-state index contributed by atoms with van der Waals surface area (Å²) < 4.78 is 1.91. The van der Waals surface area contributed by atoms with Crippen LogP contribution in [0.25, 0.3) is 17.1 Å². The Balaban J connectivity index is 1.83. The molecule has 0 aliphatic carbocycles. The first kappa shape index (κ1) is 20.2. The van der Waals surface area contributed by atoms with E-state index in [1.54, 1.807) is 30.3 Å². The van der Waals surface area contributed by atoms with Crippen molar-refractivity contribution in [3.8, 4) is 17.1 Å². The lowest BCUT2D eigenvalue weighted by atomic mass is 10.2. The van der Waals surface area contributed by atoms with Crippen molar-refractivity contribution in [3.05, 3.63) is 68.9 Å². The molecule has 1 aliphatic heterocycles. The van der Waals surface area contributed by atoms with Gasteiger partial charge in [0.25, 0.3) is 5.91 Å². The van der Waals surface area contributed by atoms with Crippen molar-refractivity contribution in [2.45, 2.75) is 19.8 Å². The van der Waals surface area contributed by atoms with Gasteiger partial charge in [0.05, 0.1) is 10.7 Å². The smallest absolute Gasteiger partial charge is 0.286 e. The molecule has 0 radical (unpaired) electrons. The molecule has 0 unspecified atom stereocenters. The molecule has 4 rings (SSSR count). The summed E-state index contributed by atoms with van der Waals surface area (Å²) >= 11 is 18.6. The zero-order valence-electron chi connectivity index (χ0n) is 15.8. The van der Waals surface area contributed by atoms with Crippen LogP contribution in [0.5, 0.6) is 0 Å². The highest BCUT2D eigenvalue weighted by atomic mass is 35.5. The van der Waals surface area contributed by atoms with Crippen LogP contribution < -0.4 is 5.43 Å². The van der Waals surface area contributed by atoms with E-state index < -0.39 is 0 Å². The Morgan fingerprint density at radius 1 is 1.00 bits per heavy atom. The van der Waals surface area contributed by atoms with Crippen LogP contribution in [0.15, 0.2) is 42.5 Å². The molecule has 1 N–H and O–H groups in total. The zero-order chi connectivity index (χ0) is 20.5. The van der Waals surface area contributed by atoms with Gasteiger partial charge in [-0.25, -0.2) is 9.99 Å². The molecule has 1 fully saturated rings. The van der Waals surface area contributed by atoms with Gasteiger partial charge in [-0.1, -0.05) is 34.8 Å². The number of benzene rings is 2. The molecule has 0 bridgehead atoms. The number of rotatable bonds is 4. The van der Waals surface area contributed by atoms with Crippen molar-refractivity contribution in [2.24, 2.45) is 0 Å². The molecule has 0 spiro atoms. The van der Waals surface area contributed by atoms with E-state index in [1.807, 2.05) is 28.6 Å². The van der Waals surface area contributed by atoms with Crippen LogP contribution in [0, 0.1) is 6.92 Å². The predicted molar refractivity (Wildman–Crippen MR) is 117 cm³/mol. The second-order valence-corrected chi connectivity index (χ2v) is 8.22. The Bertz CT molecular complexity index is 1060. The fourth-order valence-corrected chi connectivity index (χ4v) is 4.12. The molecule has 3 aromatic rings. The number of hydrogen-bond acceptors (Lipinski definition) is 3. The number of aromatic nitrogens is 2. The molecule has 5 nitrogen and oxygen atoms in total. The predicted octanol–water partition coefficient (Wildman–Crippen LogP) is 5.55. The summed E-state index contributed by atoms with van der Waals surface area (Å²) in [5, 5.41) is 3.55. The molecule has 1 aliphatic rings. The van der Waals surface area contributed by atoms with E-state index in [4.69, 9.17) is 34.8 Å². The number of carbonyl (C=O) groups is 1. The highest BCUT2D eigenvalue weighted by Gasteiger charge is 2.25. The number of carbonyl (C=O) groups excluding carboxylic acids is 1. The van der Waals surface area contributed by atoms with Crippen LogP contribution >= 0.6 is 34.8 Å². The van der Waals surface area contributed by atoms with E-state index in [0.29, 0.717) is 37.8 Å². The quantitative estimate of drug-likeness (QED) is 0.568. The van der Waals surface area contributed by atoms with Gasteiger partial charge in [-0.15, -0.1) is 0 Å². The van der Waals surface area contributed by atoms with Crippen molar-refractivity contribution >= 4 is 40.7 Å². The molecule has 1 saturated heterocycles. The summed E-state index contributed by atoms with van der Waals surface area (Å²) in [6.07, 6.45) is 2.15. The van der Waals surface area contributed by atoms with E-state index in [-0.39, 0.29) is 5.91 Å². The van der Waals surface area contributed by atoms with Crippen molar-refractivity contribution in [1.29, 1.82) is 0 Å². The van der Waals surface area contributed by atoms with Gasteiger partial charge >= 0.3 is 0 Å². The number of nitrogens with zero attached hydrogens (tertiary/aromatic N) is 3. The summed E-state index contributed by atoms with van der Waals surface area (Å²) in [7, 11) is 0. The van der Waals surface area contributed by atoms with Gasteiger partial charge < -0.3 is 0 Å². The lowest BCUT2D eigenvalue weighted by Gasteiger charge is -2.15. The molecule has 2 aromatic carbocycles. The SMILES string of the molecule is Cc1c(C(=O)NN2CCCC2)nc(-c2ccc(Cl)cc2Cl)n1-c1ccc(Cl)cc1. The van der Waals surface area contributed by atoms with Crippen molar-refractivity contribution in [3.63, 3.8) is 0 Å². The minimum atomic E-state index is -0.233. The number of amides is 1. The molecule has 29 heavy (non-hydrogen) atoms. The maximum atomic E-state index is 12.9. The van der Waals surface area contributed by atoms with Gasteiger partial charge in [0, 0.05) is 34.4 Å². The first-order valence-corrected chi connectivity index (χ1v) is 10.4. The van der Waals surface area contributed by atoms with Gasteiger partial charge in [0.1, 0.15) is 5.82 Å². The van der Waals surface area contributed by atoms with Crippen LogP contribution in [0.4, 0.5) is 0 Å². The number of hydrazine groups is 1. The fraction of sp³-hybridized carbons (Fsp3) is 0.238. The molecular formula is C21H19Cl3N4O. The van der Waals surface area contributed by atoms with Gasteiger partial charge in [0.15, 0.2) is 5.69 Å². The highest BCUT2D eigenvalue weighted by Crippen LogP contribution is 2.33. The van der Waals surface area contributed by atoms with Gasteiger partial charge in [-0.3, -0.25) is 14.8 Å². The van der Waals surface area contributed by atoms with Crippen LogP contribution in [-0.4, -0.2) is 33.6 Å². The Morgan fingerprint density at radius 2 is 1.66 bits per heavy atom. The van der Waals surface area contributed by atoms with Crippen molar-refractivity contribution < 1.29 is 4.79 Å². The second-order valence-electron chi connectivity index (χ2n) is 6.94. The van der Waals surface area contributed by atoms with E-state index in [9.17, 15) is 4.79 Å². The largest absolute Gasteiger partial charge is 0.296 e. The van der Waals surface area contributed by atoms with Crippen LogP contribution in [0.2, 0.25) is 15.1 Å². The van der Waals surface area contributed by atoms with Crippen molar-refractivity contribution in [2.75, 3.05) is 13.1 Å². The fourth-order valence-electron chi connectivity index (χ4n) is 3.50. The normalized spacial score (nSPS) is 14.3. The number of halogens is 3. The molecule has 1 amide bonds. The monoisotopic (exact) mass is 448 g/mol. The third kappa shape index (κ3) is 4.14. The lowest BCUT2D eigenvalue weighted by molar-refractivity contribution is 0.0820. The Kier molecular flexibility index (Phi) is 5.83. The lowest BCUT2D eigenvalue weighted by Crippen LogP contribution is -2.40. The summed E-state index contributed by atoms with van der Waals surface area (Å²) in [6, 6.07) is 12.6. The average Bonchev–Trinajstić information content (AvgIpc) is 3.30. The van der Waals surface area contributed by atoms with Gasteiger partial charge in [0.2, 0.25) is 0 Å². The molecule has 1 aromatic heterocycles. The van der Waals surface area contributed by atoms with Crippen LogP contribution in [-0.2, 0) is 0 Å². The second kappa shape index (κ2) is 8.36. The Morgan fingerprint density at radius 3 is 2.31 bits per heavy atom. The molecule has 150 valence electrons. The Hall–Kier alpha value is -2.05. The number of nitrogens with one attached hydrogen (secondary N) is 1. The van der Waals surface area contributed by atoms with Gasteiger partial charge in [-0.2, -0.15) is 0 Å². The molecule has 2 heterocycles. The Labute approximate surface area is 184 Å². The molecule has 0 saturated carbocycles. The van der Waals surface area contributed by atoms with E-state index in [1.165, 1.54) is 0 Å². The number of hydrogen-bond donors (Lipinski definition) is 1. The molecule has 0 atom stereocenters.